The van der Waals surface area contributed by atoms with Crippen molar-refractivity contribution in [1.82, 2.24) is 19.5 Å². The predicted octanol–water partition coefficient (Wildman–Crippen LogP) is 1.34. The minimum atomic E-state index is -3.22. The summed E-state index contributed by atoms with van der Waals surface area (Å²) in [5.41, 5.74) is 1.98. The Morgan fingerprint density at radius 1 is 1.33 bits per heavy atom. The molecule has 0 aliphatic carbocycles. The van der Waals surface area contributed by atoms with Gasteiger partial charge in [-0.15, -0.1) is 0 Å². The topological polar surface area (TPSA) is 85.5 Å². The van der Waals surface area contributed by atoms with Crippen molar-refractivity contribution in [3.63, 3.8) is 0 Å². The average Bonchev–Trinajstić information content (AvgIpc) is 2.94. The molecule has 2 amide bonds. The van der Waals surface area contributed by atoms with Gasteiger partial charge in [0.15, 0.2) is 0 Å². The maximum Gasteiger partial charge on any atom is 0.317 e. The van der Waals surface area contributed by atoms with Crippen LogP contribution in [0.1, 0.15) is 12.6 Å². The molecule has 1 atom stereocenters. The van der Waals surface area contributed by atoms with E-state index < -0.39 is 10.0 Å². The number of nitrogens with one attached hydrogen (secondary N) is 2. The number of H-pyrrole nitrogens is 1. The van der Waals surface area contributed by atoms with E-state index in [1.165, 1.54) is 10.6 Å². The molecule has 0 unspecified atom stereocenters. The van der Waals surface area contributed by atoms with Gasteiger partial charge in [0, 0.05) is 36.9 Å². The molecule has 2 N–H and O–H groups in total. The van der Waals surface area contributed by atoms with Crippen LogP contribution >= 0.6 is 0 Å². The SMILES string of the molecule is C[C@H]1CN(C(=O)NCc2cc3ccccc3[nH]2)CCN1S(C)(=O)=O. The molecular weight excluding hydrogens is 328 g/mol. The number of aromatic amines is 1. The lowest BCUT2D eigenvalue weighted by molar-refractivity contribution is 0.147. The van der Waals surface area contributed by atoms with Gasteiger partial charge in [-0.05, 0) is 24.4 Å². The molecule has 1 aromatic heterocycles. The zero-order chi connectivity index (χ0) is 17.3. The highest BCUT2D eigenvalue weighted by atomic mass is 32.2. The number of nitrogens with zero attached hydrogens (tertiary/aromatic N) is 2. The Kier molecular flexibility index (Phi) is 4.51. The molecule has 0 saturated carbocycles. The van der Waals surface area contributed by atoms with Crippen LogP contribution in [-0.2, 0) is 16.6 Å². The number of carbonyl (C=O) groups excluding carboxylic acids is 1. The summed E-state index contributed by atoms with van der Waals surface area (Å²) < 4.78 is 24.8. The van der Waals surface area contributed by atoms with E-state index in [4.69, 9.17) is 0 Å². The highest BCUT2D eigenvalue weighted by Gasteiger charge is 2.31. The number of para-hydroxylation sites is 1. The maximum absolute atomic E-state index is 12.3. The molecule has 0 spiro atoms. The Balaban J connectivity index is 1.58. The van der Waals surface area contributed by atoms with Crippen LogP contribution in [0.25, 0.3) is 10.9 Å². The largest absolute Gasteiger partial charge is 0.357 e. The van der Waals surface area contributed by atoms with E-state index in [1.807, 2.05) is 37.3 Å². The molecule has 3 rings (SSSR count). The third-order valence-corrected chi connectivity index (χ3v) is 5.69. The molecule has 8 heteroatoms. The van der Waals surface area contributed by atoms with Crippen molar-refractivity contribution < 1.29 is 13.2 Å². The van der Waals surface area contributed by atoms with Crippen molar-refractivity contribution in [1.29, 1.82) is 0 Å². The van der Waals surface area contributed by atoms with E-state index in [2.05, 4.69) is 10.3 Å². The number of carbonyl (C=O) groups is 1. The summed E-state index contributed by atoms with van der Waals surface area (Å²) in [6.45, 7) is 3.35. The molecule has 1 aliphatic rings. The summed E-state index contributed by atoms with van der Waals surface area (Å²) in [6.07, 6.45) is 1.20. The summed E-state index contributed by atoms with van der Waals surface area (Å²) in [5.74, 6) is 0. The van der Waals surface area contributed by atoms with Crippen LogP contribution in [0.15, 0.2) is 30.3 Å². The van der Waals surface area contributed by atoms with Crippen LogP contribution in [0.3, 0.4) is 0 Å². The molecule has 1 aliphatic heterocycles. The molecule has 130 valence electrons. The fraction of sp³-hybridized carbons (Fsp3) is 0.438. The van der Waals surface area contributed by atoms with Crippen LogP contribution in [-0.4, -0.2) is 60.6 Å². The van der Waals surface area contributed by atoms with Crippen LogP contribution < -0.4 is 5.32 Å². The van der Waals surface area contributed by atoms with E-state index in [9.17, 15) is 13.2 Å². The number of hydrogen-bond donors (Lipinski definition) is 2. The maximum atomic E-state index is 12.3. The zero-order valence-electron chi connectivity index (χ0n) is 13.8. The summed E-state index contributed by atoms with van der Waals surface area (Å²) in [6, 6.07) is 9.57. The number of piperazine rings is 1. The first-order valence-electron chi connectivity index (χ1n) is 7.91. The van der Waals surface area contributed by atoms with Gasteiger partial charge in [-0.3, -0.25) is 0 Å². The molecule has 0 bridgehead atoms. The minimum absolute atomic E-state index is 0.173. The van der Waals surface area contributed by atoms with E-state index >= 15 is 0 Å². The van der Waals surface area contributed by atoms with Crippen LogP contribution in [0.4, 0.5) is 4.79 Å². The summed E-state index contributed by atoms with van der Waals surface area (Å²) >= 11 is 0. The van der Waals surface area contributed by atoms with Crippen molar-refractivity contribution in [3.8, 4) is 0 Å². The molecular formula is C16H22N4O3S. The fourth-order valence-corrected chi connectivity index (χ4v) is 4.26. The zero-order valence-corrected chi connectivity index (χ0v) is 14.6. The molecule has 1 fully saturated rings. The number of aromatic nitrogens is 1. The quantitative estimate of drug-likeness (QED) is 0.876. The molecule has 1 saturated heterocycles. The predicted molar refractivity (Wildman–Crippen MR) is 93.1 cm³/mol. The van der Waals surface area contributed by atoms with E-state index in [-0.39, 0.29) is 12.1 Å². The second-order valence-corrected chi connectivity index (χ2v) is 8.14. The van der Waals surface area contributed by atoms with E-state index in [0.29, 0.717) is 26.2 Å². The normalized spacial score (nSPS) is 19.6. The fourth-order valence-electron chi connectivity index (χ4n) is 3.13. The first kappa shape index (κ1) is 16.8. The molecule has 1 aromatic carbocycles. The van der Waals surface area contributed by atoms with Crippen LogP contribution in [0, 0.1) is 0 Å². The van der Waals surface area contributed by atoms with Crippen molar-refractivity contribution in [2.75, 3.05) is 25.9 Å². The average molecular weight is 350 g/mol. The van der Waals surface area contributed by atoms with Gasteiger partial charge in [-0.2, -0.15) is 4.31 Å². The summed E-state index contributed by atoms with van der Waals surface area (Å²) in [7, 11) is -3.22. The van der Waals surface area contributed by atoms with Gasteiger partial charge >= 0.3 is 6.03 Å². The number of rotatable bonds is 3. The Hall–Kier alpha value is -2.06. The van der Waals surface area contributed by atoms with Crippen molar-refractivity contribution in [2.24, 2.45) is 0 Å². The first-order chi connectivity index (χ1) is 11.3. The minimum Gasteiger partial charge on any atom is -0.357 e. The molecule has 2 aromatic rings. The highest BCUT2D eigenvalue weighted by Crippen LogP contribution is 2.15. The third-order valence-electron chi connectivity index (χ3n) is 4.30. The number of fused-ring (bicyclic) bond motifs is 1. The number of amides is 2. The molecule has 2 heterocycles. The Labute approximate surface area is 141 Å². The molecule has 0 radical (unpaired) electrons. The van der Waals surface area contributed by atoms with Gasteiger partial charge in [0.05, 0.1) is 12.8 Å². The van der Waals surface area contributed by atoms with Gasteiger partial charge in [0.2, 0.25) is 10.0 Å². The number of urea groups is 1. The van der Waals surface area contributed by atoms with Gasteiger partial charge < -0.3 is 15.2 Å². The van der Waals surface area contributed by atoms with Crippen molar-refractivity contribution in [3.05, 3.63) is 36.0 Å². The molecule has 7 nitrogen and oxygen atoms in total. The first-order valence-corrected chi connectivity index (χ1v) is 9.75. The van der Waals surface area contributed by atoms with Gasteiger partial charge in [-0.25, -0.2) is 13.2 Å². The lowest BCUT2D eigenvalue weighted by Crippen LogP contribution is -2.56. The lowest BCUT2D eigenvalue weighted by atomic mass is 10.2. The second-order valence-electron chi connectivity index (χ2n) is 6.21. The monoisotopic (exact) mass is 350 g/mol. The van der Waals surface area contributed by atoms with E-state index in [0.717, 1.165) is 16.6 Å². The number of benzene rings is 1. The summed E-state index contributed by atoms with van der Waals surface area (Å²) in [4.78, 5) is 17.3. The van der Waals surface area contributed by atoms with Gasteiger partial charge in [-0.1, -0.05) is 18.2 Å². The van der Waals surface area contributed by atoms with E-state index in [1.54, 1.807) is 4.90 Å². The smallest absolute Gasteiger partial charge is 0.317 e. The standard InChI is InChI=1S/C16H22N4O3S/c1-12-11-19(7-8-20(12)24(2,22)23)16(21)17-10-14-9-13-5-3-4-6-15(13)18-14/h3-6,9,12,18H,7-8,10-11H2,1-2H3,(H,17,21)/t12-/m0/s1. The summed E-state index contributed by atoms with van der Waals surface area (Å²) in [5, 5.41) is 4.00. The Morgan fingerprint density at radius 2 is 2.08 bits per heavy atom. The number of sulfonamides is 1. The van der Waals surface area contributed by atoms with Crippen molar-refractivity contribution >= 4 is 27.0 Å². The molecule has 24 heavy (non-hydrogen) atoms. The second kappa shape index (κ2) is 6.45. The van der Waals surface area contributed by atoms with Gasteiger partial charge in [0.1, 0.15) is 0 Å². The lowest BCUT2D eigenvalue weighted by Gasteiger charge is -2.38. The Morgan fingerprint density at radius 3 is 2.75 bits per heavy atom. The van der Waals surface area contributed by atoms with Crippen LogP contribution in [0.2, 0.25) is 0 Å². The third kappa shape index (κ3) is 3.54. The Bertz CT molecular complexity index is 813. The van der Waals surface area contributed by atoms with Gasteiger partial charge in [0.25, 0.3) is 0 Å². The highest BCUT2D eigenvalue weighted by molar-refractivity contribution is 7.88. The van der Waals surface area contributed by atoms with Crippen molar-refractivity contribution in [2.45, 2.75) is 19.5 Å². The van der Waals surface area contributed by atoms with Crippen LogP contribution in [0.5, 0.6) is 0 Å². The number of hydrogen-bond acceptors (Lipinski definition) is 3.